The molecule has 0 atom stereocenters. The summed E-state index contributed by atoms with van der Waals surface area (Å²) in [6.07, 6.45) is -25.8. The van der Waals surface area contributed by atoms with E-state index >= 15 is 0 Å². The average molecular weight is 1210 g/mol. The smallest absolute Gasteiger partial charge is 0.460 e. The van der Waals surface area contributed by atoms with E-state index in [1.165, 1.54) is 0 Å². The quantitative estimate of drug-likeness (QED) is 0.0563. The summed E-state index contributed by atoms with van der Waals surface area (Å²) in [4.78, 5) is 11.4. The second-order valence-electron chi connectivity index (χ2n) is 16.7. The van der Waals surface area contributed by atoms with E-state index in [0.717, 1.165) is 18.2 Å². The zero-order valence-corrected chi connectivity index (χ0v) is 37.6. The zero-order chi connectivity index (χ0) is 61.2. The molecule has 0 saturated heterocycles. The highest BCUT2D eigenvalue weighted by molar-refractivity contribution is 5.88. The number of hydrogen-bond acceptors (Lipinski definition) is 3. The lowest BCUT2D eigenvalue weighted by Gasteiger charge is -2.42. The number of carbonyl (C=O) groups is 1. The number of carboxylic acids is 1. The van der Waals surface area contributed by atoms with Crippen LogP contribution in [0.25, 0.3) is 0 Å². The van der Waals surface area contributed by atoms with E-state index in [2.05, 4.69) is 0 Å². The van der Waals surface area contributed by atoms with Crippen molar-refractivity contribution >= 4 is 5.97 Å². The van der Waals surface area contributed by atoms with Crippen molar-refractivity contribution in [2.45, 2.75) is 185 Å². The molecule has 0 saturated carbocycles. The van der Waals surface area contributed by atoms with Gasteiger partial charge in [-0.3, -0.25) is 0 Å². The van der Waals surface area contributed by atoms with E-state index in [-0.39, 0.29) is 76.1 Å². The maximum atomic E-state index is 14.1. The van der Waals surface area contributed by atoms with E-state index in [0.29, 0.717) is 0 Å². The van der Waals surface area contributed by atoms with Crippen LogP contribution in [-0.4, -0.2) is 120 Å². The first kappa shape index (κ1) is 70.9. The monoisotopic (exact) mass is 1210 g/mol. The molecule has 0 amide bonds. The van der Waals surface area contributed by atoms with Gasteiger partial charge in [-0.05, 0) is 43.9 Å². The van der Waals surface area contributed by atoms with Crippen LogP contribution in [0.5, 0.6) is 11.5 Å². The number of alkyl halides is 34. The van der Waals surface area contributed by atoms with Gasteiger partial charge in [0, 0.05) is 12.8 Å². The zero-order valence-electron chi connectivity index (χ0n) is 37.6. The number of benzene rings is 1. The second-order valence-corrected chi connectivity index (χ2v) is 16.7. The van der Waals surface area contributed by atoms with Gasteiger partial charge in [-0.1, -0.05) is 51.4 Å². The van der Waals surface area contributed by atoms with Crippen molar-refractivity contribution in [1.82, 2.24) is 0 Å². The summed E-state index contributed by atoms with van der Waals surface area (Å²) in [7, 11) is 0. The topological polar surface area (TPSA) is 55.8 Å². The summed E-state index contributed by atoms with van der Waals surface area (Å²) >= 11 is 0. The van der Waals surface area contributed by atoms with Gasteiger partial charge in [-0.15, -0.1) is 0 Å². The van der Waals surface area contributed by atoms with Crippen LogP contribution in [0.4, 0.5) is 149 Å². The Hall–Kier alpha value is -4.09. The number of hydrogen-bond donors (Lipinski definition) is 1. The van der Waals surface area contributed by atoms with Crippen molar-refractivity contribution in [2.75, 3.05) is 13.2 Å². The molecule has 1 aromatic carbocycles. The number of rotatable bonds is 33. The first-order chi connectivity index (χ1) is 34.0. The minimum atomic E-state index is -8.76. The molecule has 0 aromatic heterocycles. The molecule has 1 aromatic rings. The van der Waals surface area contributed by atoms with E-state index < -0.39 is 145 Å². The molecule has 0 heterocycles. The number of carboxylic acid groups (broad SMARTS) is 1. The number of halogens is 34. The summed E-state index contributed by atoms with van der Waals surface area (Å²) in [5.74, 6) is -116. The molecule has 454 valence electrons. The van der Waals surface area contributed by atoms with Crippen molar-refractivity contribution in [3.63, 3.8) is 0 Å². The Morgan fingerprint density at radius 2 is 0.545 bits per heavy atom. The van der Waals surface area contributed by atoms with Crippen molar-refractivity contribution in [3.05, 3.63) is 23.8 Å². The van der Waals surface area contributed by atoms with Gasteiger partial charge >= 0.3 is 101 Å². The highest BCUT2D eigenvalue weighted by Crippen LogP contribution is 2.66. The number of aromatic carboxylic acids is 1. The molecule has 77 heavy (non-hydrogen) atoms. The first-order valence-electron chi connectivity index (χ1n) is 21.0. The molecular formula is C39H36F34O4. The Labute approximate surface area is 408 Å². The summed E-state index contributed by atoms with van der Waals surface area (Å²) in [6.45, 7) is -0.650. The molecule has 1 N–H and O–H groups in total. The van der Waals surface area contributed by atoms with Gasteiger partial charge in [0.15, 0.2) is 11.5 Å². The fourth-order valence-corrected chi connectivity index (χ4v) is 6.26. The normalized spacial score (nSPS) is 15.3. The Balaban J connectivity index is 2.75. The largest absolute Gasteiger partial charge is 0.490 e. The first-order valence-corrected chi connectivity index (χ1v) is 21.0. The van der Waals surface area contributed by atoms with Crippen LogP contribution in [0.15, 0.2) is 18.2 Å². The van der Waals surface area contributed by atoms with Gasteiger partial charge in [0.05, 0.1) is 18.8 Å². The molecule has 0 aliphatic carbocycles. The third kappa shape index (κ3) is 12.9. The molecule has 4 nitrogen and oxygen atoms in total. The Morgan fingerprint density at radius 1 is 0.312 bits per heavy atom. The third-order valence-corrected chi connectivity index (χ3v) is 11.1. The van der Waals surface area contributed by atoms with E-state index in [1.54, 1.807) is 0 Å². The predicted octanol–water partition coefficient (Wildman–Crippen LogP) is 17.6. The van der Waals surface area contributed by atoms with Crippen LogP contribution in [0.1, 0.15) is 100 Å². The highest BCUT2D eigenvalue weighted by Gasteiger charge is 2.97. The van der Waals surface area contributed by atoms with Crippen molar-refractivity contribution in [3.8, 4) is 11.5 Å². The molecule has 38 heteroatoms. The third-order valence-electron chi connectivity index (χ3n) is 11.1. The minimum absolute atomic E-state index is 0.00148. The van der Waals surface area contributed by atoms with Crippen LogP contribution < -0.4 is 9.47 Å². The molecule has 1 rings (SSSR count). The molecule has 0 spiro atoms. The number of ether oxygens (including phenoxy) is 2. The van der Waals surface area contributed by atoms with Gasteiger partial charge < -0.3 is 14.6 Å². The van der Waals surface area contributed by atoms with Crippen molar-refractivity contribution in [2.24, 2.45) is 0 Å². The maximum absolute atomic E-state index is 14.1. The molecule has 0 bridgehead atoms. The highest BCUT2D eigenvalue weighted by atomic mass is 19.4. The fraction of sp³-hybridized carbons (Fsp3) is 0.821. The molecule has 0 radical (unpaired) electrons. The molecule has 0 fully saturated rings. The summed E-state index contributed by atoms with van der Waals surface area (Å²) in [5, 5.41) is 9.26. The van der Waals surface area contributed by atoms with Gasteiger partial charge in [0.25, 0.3) is 0 Å². The van der Waals surface area contributed by atoms with Gasteiger partial charge in [0.2, 0.25) is 0 Å². The standard InChI is InChI=1S/C39H36F34O4/c40-24(41,26(44,45)28(48,49)30(52,53)32(56,57)34(60,61)36(64,65)38(68,69)70)15-9-5-1-3-7-11-17-76-21-14-13-20(23(74)75)19-22(21)77-18-12-8-4-2-6-10-16-25(42,43)27(46,47)29(50,51)31(54,55)33(58,59)35(62,63)37(66,67)39(71,72)73/h13-14,19H,1-12,15-18H2,(H,74,75). The van der Waals surface area contributed by atoms with Crippen LogP contribution in [-0.2, 0) is 0 Å². The molecule has 0 aliphatic heterocycles. The number of unbranched alkanes of at least 4 members (excludes halogenated alkanes) is 10. The van der Waals surface area contributed by atoms with Crippen LogP contribution >= 0.6 is 0 Å². The molecule has 0 aliphatic rings. The van der Waals surface area contributed by atoms with Crippen LogP contribution in [0, 0.1) is 0 Å². The Kier molecular flexibility index (Phi) is 21.3. The molecule has 0 unspecified atom stereocenters. The van der Waals surface area contributed by atoms with Crippen molar-refractivity contribution in [1.29, 1.82) is 0 Å². The maximum Gasteiger partial charge on any atom is 0.460 e. The summed E-state index contributed by atoms with van der Waals surface area (Å²) < 4.78 is 468. The lowest BCUT2D eigenvalue weighted by Crippen LogP contribution is -2.74. The fourth-order valence-electron chi connectivity index (χ4n) is 6.26. The lowest BCUT2D eigenvalue weighted by atomic mass is 9.87. The Morgan fingerprint density at radius 3 is 0.818 bits per heavy atom. The van der Waals surface area contributed by atoms with Gasteiger partial charge in [-0.2, -0.15) is 149 Å². The van der Waals surface area contributed by atoms with Crippen molar-refractivity contribution < 1.29 is 169 Å². The van der Waals surface area contributed by atoms with E-state index in [1.807, 2.05) is 0 Å². The molecular weight excluding hydrogens is 1180 g/mol. The van der Waals surface area contributed by atoms with Crippen LogP contribution in [0.3, 0.4) is 0 Å². The Bertz CT molecular complexity index is 2080. The van der Waals surface area contributed by atoms with E-state index in [4.69, 9.17) is 9.47 Å². The van der Waals surface area contributed by atoms with Gasteiger partial charge in [-0.25, -0.2) is 4.79 Å². The lowest BCUT2D eigenvalue weighted by molar-refractivity contribution is -0.461. The SMILES string of the molecule is O=C(O)c1ccc(OCCCCCCCCC(F)(F)C(F)(F)C(F)(F)C(F)(F)C(F)(F)C(F)(F)C(F)(F)C(F)(F)F)c(OCCCCCCCCC(F)(F)C(F)(F)C(F)(F)C(F)(F)C(F)(F)C(F)(F)C(F)(F)C(F)(F)F)c1. The predicted molar refractivity (Wildman–Crippen MR) is 190 cm³/mol. The summed E-state index contributed by atoms with van der Waals surface area (Å²) in [5.41, 5.74) is -0.420. The van der Waals surface area contributed by atoms with Crippen LogP contribution in [0.2, 0.25) is 0 Å². The second kappa shape index (κ2) is 23.2. The minimum Gasteiger partial charge on any atom is -0.490 e. The average Bonchev–Trinajstić information content (AvgIpc) is 3.26. The van der Waals surface area contributed by atoms with Gasteiger partial charge in [0.1, 0.15) is 0 Å². The summed E-state index contributed by atoms with van der Waals surface area (Å²) in [6, 6.07) is 2.93. The van der Waals surface area contributed by atoms with E-state index in [9.17, 15) is 159 Å².